The van der Waals surface area contributed by atoms with Crippen molar-refractivity contribution in [1.82, 2.24) is 9.55 Å². The first-order valence-corrected chi connectivity index (χ1v) is 15.3. The molecular formula is C37H41FN2O5. The molecule has 5 rings (SSSR count). The van der Waals surface area contributed by atoms with Gasteiger partial charge in [0.2, 0.25) is 0 Å². The number of methoxy groups -OCH3 is 2. The molecule has 0 aliphatic carbocycles. The Balaban J connectivity index is 1.20. The maximum atomic E-state index is 13.4. The van der Waals surface area contributed by atoms with Crippen molar-refractivity contribution in [3.8, 4) is 23.0 Å². The van der Waals surface area contributed by atoms with Crippen LogP contribution in [0.4, 0.5) is 4.39 Å². The number of carbonyl (C=O) groups is 1. The molecule has 0 spiro atoms. The number of hydrogen-bond acceptors (Lipinski definition) is 6. The van der Waals surface area contributed by atoms with Crippen molar-refractivity contribution in [3.63, 3.8) is 0 Å². The molecule has 4 aromatic rings. The van der Waals surface area contributed by atoms with E-state index in [0.717, 1.165) is 58.8 Å². The van der Waals surface area contributed by atoms with Crippen LogP contribution in [-0.2, 0) is 24.7 Å². The molecule has 0 amide bonds. The third-order valence-corrected chi connectivity index (χ3v) is 8.41. The minimum atomic E-state index is -0.513. The van der Waals surface area contributed by atoms with Gasteiger partial charge in [-0.1, -0.05) is 32.0 Å². The Morgan fingerprint density at radius 3 is 2.51 bits per heavy atom. The summed E-state index contributed by atoms with van der Waals surface area (Å²) in [6, 6.07) is 18.0. The first-order valence-electron chi connectivity index (χ1n) is 15.3. The number of ketones is 1. The third-order valence-electron chi connectivity index (χ3n) is 8.41. The van der Waals surface area contributed by atoms with Crippen LogP contribution in [0.2, 0.25) is 0 Å². The molecule has 1 atom stereocenters. The van der Waals surface area contributed by atoms with Crippen LogP contribution in [0.3, 0.4) is 0 Å². The average Bonchev–Trinajstić information content (AvgIpc) is 3.47. The Morgan fingerprint density at radius 1 is 1.02 bits per heavy atom. The van der Waals surface area contributed by atoms with E-state index in [1.54, 1.807) is 26.5 Å². The van der Waals surface area contributed by atoms with Crippen LogP contribution < -0.4 is 18.9 Å². The summed E-state index contributed by atoms with van der Waals surface area (Å²) in [7, 11) is 5.17. The summed E-state index contributed by atoms with van der Waals surface area (Å²) >= 11 is 0. The summed E-state index contributed by atoms with van der Waals surface area (Å²) in [4.78, 5) is 17.8. The summed E-state index contributed by atoms with van der Waals surface area (Å²) in [6.07, 6.45) is 8.80. The zero-order chi connectivity index (χ0) is 32.0. The van der Waals surface area contributed by atoms with Gasteiger partial charge in [-0.25, -0.2) is 9.37 Å². The van der Waals surface area contributed by atoms with Gasteiger partial charge in [-0.3, -0.25) is 4.79 Å². The molecule has 1 aliphatic heterocycles. The van der Waals surface area contributed by atoms with Crippen molar-refractivity contribution in [2.75, 3.05) is 20.8 Å². The topological polar surface area (TPSA) is 71.8 Å². The number of hydrogen-bond donors (Lipinski definition) is 0. The van der Waals surface area contributed by atoms with Crippen molar-refractivity contribution in [2.45, 2.75) is 52.1 Å². The summed E-state index contributed by atoms with van der Waals surface area (Å²) in [5.41, 5.74) is 3.30. The molecule has 45 heavy (non-hydrogen) atoms. The Morgan fingerprint density at radius 2 is 1.80 bits per heavy atom. The predicted molar refractivity (Wildman–Crippen MR) is 173 cm³/mol. The number of ether oxygens (including phenoxy) is 4. The van der Waals surface area contributed by atoms with E-state index in [0.29, 0.717) is 30.9 Å². The first kappa shape index (κ1) is 31.8. The van der Waals surface area contributed by atoms with E-state index in [9.17, 15) is 9.18 Å². The van der Waals surface area contributed by atoms with E-state index in [1.807, 2.05) is 74.1 Å². The number of imidazole rings is 1. The van der Waals surface area contributed by atoms with Gasteiger partial charge in [0.25, 0.3) is 0 Å². The van der Waals surface area contributed by atoms with E-state index in [4.69, 9.17) is 18.9 Å². The lowest BCUT2D eigenvalue weighted by Gasteiger charge is -2.28. The van der Waals surface area contributed by atoms with Crippen molar-refractivity contribution in [2.24, 2.45) is 12.5 Å². The van der Waals surface area contributed by atoms with Crippen molar-refractivity contribution in [3.05, 3.63) is 101 Å². The number of halogens is 1. The molecule has 0 N–H and O–H groups in total. The van der Waals surface area contributed by atoms with Gasteiger partial charge in [-0.05, 0) is 73.7 Å². The molecule has 0 saturated carbocycles. The van der Waals surface area contributed by atoms with Crippen LogP contribution in [-0.4, -0.2) is 42.3 Å². The van der Waals surface area contributed by atoms with Gasteiger partial charge in [0.1, 0.15) is 46.5 Å². The fraction of sp³-hybridized carbons (Fsp3) is 0.351. The molecule has 0 bridgehead atoms. The van der Waals surface area contributed by atoms with E-state index >= 15 is 0 Å². The highest BCUT2D eigenvalue weighted by molar-refractivity contribution is 5.87. The number of aromatic nitrogens is 2. The number of aryl methyl sites for hydroxylation is 2. The lowest BCUT2D eigenvalue weighted by molar-refractivity contribution is -0.126. The smallest absolute Gasteiger partial charge is 0.142 e. The molecule has 0 saturated heterocycles. The molecule has 3 aromatic carbocycles. The fourth-order valence-corrected chi connectivity index (χ4v) is 5.58. The highest BCUT2D eigenvalue weighted by atomic mass is 19.1. The predicted octanol–water partition coefficient (Wildman–Crippen LogP) is 7.51. The molecule has 0 radical (unpaired) electrons. The minimum Gasteiger partial charge on any atom is -0.497 e. The van der Waals surface area contributed by atoms with Gasteiger partial charge in [0.15, 0.2) is 0 Å². The second-order valence-corrected chi connectivity index (χ2v) is 12.0. The number of benzene rings is 3. The van der Waals surface area contributed by atoms with Gasteiger partial charge in [-0.15, -0.1) is 0 Å². The maximum absolute atomic E-state index is 13.4. The van der Waals surface area contributed by atoms with E-state index in [1.165, 1.54) is 12.1 Å². The molecule has 2 heterocycles. The van der Waals surface area contributed by atoms with E-state index in [2.05, 4.69) is 11.1 Å². The van der Waals surface area contributed by atoms with Gasteiger partial charge in [0, 0.05) is 54.0 Å². The zero-order valence-electron chi connectivity index (χ0n) is 26.6. The number of Topliss-reactive ketones (excluding diaryl/α,β-unsaturated/α-hetero) is 1. The van der Waals surface area contributed by atoms with Crippen LogP contribution in [0.15, 0.2) is 73.1 Å². The summed E-state index contributed by atoms with van der Waals surface area (Å²) in [5, 5.41) is 0. The standard InChI is InChI=1S/C37H41FN2O5/c1-37(2,35(41)23-26-10-13-29(42-4)24-34(26)43-5)17-6-20-44-30-14-16-32-27(21-30)22-31(36-39-18-19-40(36)3)33(45-32)15-9-25-7-11-28(38)12-8-25/h7-8,10-14,16,18-19,21-22,24,33H,6,9,15,17,20,23H2,1-5H3. The number of carbonyl (C=O) groups excluding carboxylic acids is 1. The molecule has 7 nitrogen and oxygen atoms in total. The van der Waals surface area contributed by atoms with E-state index < -0.39 is 5.41 Å². The SMILES string of the molecule is COc1ccc(CC(=O)C(C)(C)CCCOc2ccc3c(c2)C=C(c2nccn2C)C(CCc2ccc(F)cc2)O3)c(OC)c1. The van der Waals surface area contributed by atoms with Crippen LogP contribution in [0, 0.1) is 11.2 Å². The van der Waals surface area contributed by atoms with Gasteiger partial charge < -0.3 is 23.5 Å². The van der Waals surface area contributed by atoms with Crippen molar-refractivity contribution in [1.29, 1.82) is 0 Å². The quantitative estimate of drug-likeness (QED) is 0.137. The number of rotatable bonds is 14. The van der Waals surface area contributed by atoms with Crippen LogP contribution in [0.1, 0.15) is 55.6 Å². The summed E-state index contributed by atoms with van der Waals surface area (Å²) in [6.45, 7) is 4.45. The van der Waals surface area contributed by atoms with Crippen LogP contribution in [0.5, 0.6) is 23.0 Å². The maximum Gasteiger partial charge on any atom is 0.142 e. The largest absolute Gasteiger partial charge is 0.497 e. The molecule has 8 heteroatoms. The van der Waals surface area contributed by atoms with Crippen molar-refractivity contribution < 1.29 is 28.1 Å². The van der Waals surface area contributed by atoms with Gasteiger partial charge in [-0.2, -0.15) is 0 Å². The fourth-order valence-electron chi connectivity index (χ4n) is 5.58. The molecule has 1 unspecified atom stereocenters. The third kappa shape index (κ3) is 7.74. The van der Waals surface area contributed by atoms with Crippen molar-refractivity contribution >= 4 is 17.4 Å². The Bertz CT molecular complexity index is 1660. The Kier molecular flexibility index (Phi) is 9.91. The minimum absolute atomic E-state index is 0.151. The highest BCUT2D eigenvalue weighted by Crippen LogP contribution is 2.38. The van der Waals surface area contributed by atoms with Gasteiger partial charge in [0.05, 0.1) is 20.8 Å². The second-order valence-electron chi connectivity index (χ2n) is 12.0. The Labute approximate surface area is 264 Å². The monoisotopic (exact) mass is 612 g/mol. The molecule has 236 valence electrons. The summed E-state index contributed by atoms with van der Waals surface area (Å²) < 4.78 is 38.8. The summed E-state index contributed by atoms with van der Waals surface area (Å²) in [5.74, 6) is 3.62. The lowest BCUT2D eigenvalue weighted by atomic mass is 9.81. The normalized spacial score (nSPS) is 14.3. The second kappa shape index (κ2) is 14.0. The van der Waals surface area contributed by atoms with Gasteiger partial charge >= 0.3 is 0 Å². The van der Waals surface area contributed by atoms with Crippen LogP contribution in [0.25, 0.3) is 11.6 Å². The highest BCUT2D eigenvalue weighted by Gasteiger charge is 2.29. The zero-order valence-corrected chi connectivity index (χ0v) is 26.6. The Hall–Kier alpha value is -4.59. The first-order chi connectivity index (χ1) is 21.7. The molecule has 0 fully saturated rings. The average molecular weight is 613 g/mol. The molecular weight excluding hydrogens is 571 g/mol. The van der Waals surface area contributed by atoms with Crippen LogP contribution >= 0.6 is 0 Å². The molecule has 1 aromatic heterocycles. The van der Waals surface area contributed by atoms with E-state index in [-0.39, 0.29) is 17.7 Å². The molecule has 1 aliphatic rings. The lowest BCUT2D eigenvalue weighted by Crippen LogP contribution is -2.26. The number of nitrogens with zero attached hydrogens (tertiary/aromatic N) is 2. The number of fused-ring (bicyclic) bond motifs is 1.